The Morgan fingerprint density at radius 1 is 1.33 bits per heavy atom. The van der Waals surface area contributed by atoms with Crippen LogP contribution in [-0.2, 0) is 6.54 Å². The second-order valence-corrected chi connectivity index (χ2v) is 5.16. The third-order valence-corrected chi connectivity index (χ3v) is 3.90. The van der Waals surface area contributed by atoms with E-state index in [2.05, 4.69) is 16.5 Å². The van der Waals surface area contributed by atoms with E-state index in [0.29, 0.717) is 6.04 Å². The highest BCUT2D eigenvalue weighted by Crippen LogP contribution is 2.23. The highest BCUT2D eigenvalue weighted by Gasteiger charge is 2.23. The van der Waals surface area contributed by atoms with Gasteiger partial charge in [-0.15, -0.1) is 0 Å². The Labute approximate surface area is 108 Å². The van der Waals surface area contributed by atoms with Gasteiger partial charge in [0.1, 0.15) is 5.76 Å². The minimum Gasteiger partial charge on any atom is -0.361 e. The molecule has 98 valence electrons. The van der Waals surface area contributed by atoms with E-state index in [9.17, 15) is 5.26 Å². The summed E-state index contributed by atoms with van der Waals surface area (Å²) < 4.78 is 5.16. The first-order valence-corrected chi connectivity index (χ1v) is 6.77. The van der Waals surface area contributed by atoms with Gasteiger partial charge in [-0.2, -0.15) is 5.26 Å². The summed E-state index contributed by atoms with van der Waals surface area (Å²) in [6.45, 7) is 4.65. The van der Waals surface area contributed by atoms with E-state index in [4.69, 9.17) is 4.52 Å². The van der Waals surface area contributed by atoms with Crippen molar-refractivity contribution in [2.24, 2.45) is 5.92 Å². The molecule has 0 aliphatic heterocycles. The Morgan fingerprint density at radius 3 is 2.78 bits per heavy atom. The number of hydrogen-bond donors (Lipinski definition) is 1. The van der Waals surface area contributed by atoms with Crippen LogP contribution in [-0.4, -0.2) is 11.2 Å². The molecule has 1 saturated carbocycles. The van der Waals surface area contributed by atoms with Crippen molar-refractivity contribution in [3.8, 4) is 6.07 Å². The van der Waals surface area contributed by atoms with Crippen molar-refractivity contribution in [1.82, 2.24) is 10.5 Å². The van der Waals surface area contributed by atoms with Crippen LogP contribution in [0, 0.1) is 31.1 Å². The van der Waals surface area contributed by atoms with Gasteiger partial charge in [0.05, 0.1) is 17.7 Å². The van der Waals surface area contributed by atoms with Gasteiger partial charge in [-0.05, 0) is 26.7 Å². The van der Waals surface area contributed by atoms with E-state index in [1.165, 1.54) is 19.3 Å². The van der Waals surface area contributed by atoms with Gasteiger partial charge in [-0.25, -0.2) is 0 Å². The molecule has 1 heterocycles. The number of aromatic nitrogens is 1. The molecule has 4 nitrogen and oxygen atoms in total. The molecule has 0 bridgehead atoms. The summed E-state index contributed by atoms with van der Waals surface area (Å²) in [7, 11) is 0. The van der Waals surface area contributed by atoms with Crippen LogP contribution in [0.15, 0.2) is 4.52 Å². The standard InChI is InChI=1S/C14H21N3O/c1-10-13(11(2)18-17-10)9-16-14-7-5-3-4-6-12(14)8-15/h12,14,16H,3-7,9H2,1-2H3. The molecule has 1 aromatic rings. The third-order valence-electron chi connectivity index (χ3n) is 3.90. The second-order valence-electron chi connectivity index (χ2n) is 5.16. The lowest BCUT2D eigenvalue weighted by molar-refractivity contribution is 0.383. The Morgan fingerprint density at radius 2 is 2.11 bits per heavy atom. The normalized spacial score (nSPS) is 24.5. The van der Waals surface area contributed by atoms with E-state index in [1.54, 1.807) is 0 Å². The molecule has 4 heteroatoms. The molecule has 1 aliphatic rings. The summed E-state index contributed by atoms with van der Waals surface area (Å²) in [6.07, 6.45) is 5.78. The first-order chi connectivity index (χ1) is 8.72. The van der Waals surface area contributed by atoms with Crippen molar-refractivity contribution in [3.63, 3.8) is 0 Å². The van der Waals surface area contributed by atoms with Crippen LogP contribution < -0.4 is 5.32 Å². The van der Waals surface area contributed by atoms with Crippen LogP contribution in [0.2, 0.25) is 0 Å². The van der Waals surface area contributed by atoms with Gasteiger partial charge in [-0.3, -0.25) is 0 Å². The molecule has 0 aromatic carbocycles. The summed E-state index contributed by atoms with van der Waals surface area (Å²) >= 11 is 0. The van der Waals surface area contributed by atoms with Gasteiger partial charge in [0, 0.05) is 18.2 Å². The average molecular weight is 247 g/mol. The predicted molar refractivity (Wildman–Crippen MR) is 68.8 cm³/mol. The smallest absolute Gasteiger partial charge is 0.138 e. The molecular weight excluding hydrogens is 226 g/mol. The van der Waals surface area contributed by atoms with Crippen LogP contribution in [0.1, 0.15) is 49.1 Å². The summed E-state index contributed by atoms with van der Waals surface area (Å²) in [4.78, 5) is 0. The molecular formula is C14H21N3O. The Balaban J connectivity index is 1.98. The Hall–Kier alpha value is -1.34. The summed E-state index contributed by atoms with van der Waals surface area (Å²) in [5.41, 5.74) is 2.08. The number of hydrogen-bond acceptors (Lipinski definition) is 4. The molecule has 1 fully saturated rings. The van der Waals surface area contributed by atoms with Crippen molar-refractivity contribution < 1.29 is 4.52 Å². The monoisotopic (exact) mass is 247 g/mol. The third kappa shape index (κ3) is 2.91. The Bertz CT molecular complexity index is 413. The maximum atomic E-state index is 9.23. The largest absolute Gasteiger partial charge is 0.361 e. The zero-order valence-electron chi connectivity index (χ0n) is 11.2. The summed E-state index contributed by atoms with van der Waals surface area (Å²) in [5.74, 6) is 1.02. The lowest BCUT2D eigenvalue weighted by Crippen LogP contribution is -2.34. The van der Waals surface area contributed by atoms with Gasteiger partial charge >= 0.3 is 0 Å². The van der Waals surface area contributed by atoms with E-state index >= 15 is 0 Å². The molecule has 1 aliphatic carbocycles. The van der Waals surface area contributed by atoms with Crippen molar-refractivity contribution in [1.29, 1.82) is 5.26 Å². The summed E-state index contributed by atoms with van der Waals surface area (Å²) in [5, 5.41) is 16.7. The van der Waals surface area contributed by atoms with Gasteiger partial charge in [-0.1, -0.05) is 24.4 Å². The van der Waals surface area contributed by atoms with E-state index < -0.39 is 0 Å². The molecule has 1 aromatic heterocycles. The van der Waals surface area contributed by atoms with Crippen LogP contribution in [0.4, 0.5) is 0 Å². The predicted octanol–water partition coefficient (Wildman–Crippen LogP) is 2.85. The van der Waals surface area contributed by atoms with Crippen LogP contribution in [0.5, 0.6) is 0 Å². The second kappa shape index (κ2) is 6.01. The molecule has 18 heavy (non-hydrogen) atoms. The number of aryl methyl sites for hydroxylation is 2. The van der Waals surface area contributed by atoms with Crippen molar-refractivity contribution in [3.05, 3.63) is 17.0 Å². The molecule has 0 spiro atoms. The minimum absolute atomic E-state index is 0.146. The molecule has 0 saturated heterocycles. The number of nitriles is 1. The van der Waals surface area contributed by atoms with Gasteiger partial charge < -0.3 is 9.84 Å². The fourth-order valence-corrected chi connectivity index (χ4v) is 2.69. The van der Waals surface area contributed by atoms with Crippen LogP contribution in [0.3, 0.4) is 0 Å². The SMILES string of the molecule is Cc1noc(C)c1CNC1CCCCCC1C#N. The number of nitrogens with zero attached hydrogens (tertiary/aromatic N) is 2. The molecule has 1 N–H and O–H groups in total. The molecule has 2 unspecified atom stereocenters. The topological polar surface area (TPSA) is 61.9 Å². The quantitative estimate of drug-likeness (QED) is 0.834. The maximum Gasteiger partial charge on any atom is 0.138 e. The lowest BCUT2D eigenvalue weighted by atomic mass is 9.96. The lowest BCUT2D eigenvalue weighted by Gasteiger charge is -2.20. The average Bonchev–Trinajstić information content (AvgIpc) is 2.58. The minimum atomic E-state index is 0.146. The molecule has 2 atom stereocenters. The van der Waals surface area contributed by atoms with E-state index in [0.717, 1.165) is 36.4 Å². The fourth-order valence-electron chi connectivity index (χ4n) is 2.69. The van der Waals surface area contributed by atoms with Crippen LogP contribution in [0.25, 0.3) is 0 Å². The van der Waals surface area contributed by atoms with E-state index in [1.807, 2.05) is 13.8 Å². The van der Waals surface area contributed by atoms with Gasteiger partial charge in [0.2, 0.25) is 0 Å². The van der Waals surface area contributed by atoms with Crippen molar-refractivity contribution in [2.45, 2.75) is 58.5 Å². The first kappa shape index (κ1) is 13.1. The number of rotatable bonds is 3. The van der Waals surface area contributed by atoms with Gasteiger partial charge in [0.15, 0.2) is 0 Å². The molecule has 0 radical (unpaired) electrons. The fraction of sp³-hybridized carbons (Fsp3) is 0.714. The first-order valence-electron chi connectivity index (χ1n) is 6.77. The Kier molecular flexibility index (Phi) is 4.38. The molecule has 0 amide bonds. The highest BCUT2D eigenvalue weighted by molar-refractivity contribution is 5.20. The van der Waals surface area contributed by atoms with Crippen molar-refractivity contribution >= 4 is 0 Å². The van der Waals surface area contributed by atoms with Gasteiger partial charge in [0.25, 0.3) is 0 Å². The molecule has 2 rings (SSSR count). The van der Waals surface area contributed by atoms with Crippen LogP contribution >= 0.6 is 0 Å². The zero-order valence-corrected chi connectivity index (χ0v) is 11.2. The maximum absolute atomic E-state index is 9.23. The highest BCUT2D eigenvalue weighted by atomic mass is 16.5. The van der Waals surface area contributed by atoms with Crippen molar-refractivity contribution in [2.75, 3.05) is 0 Å². The summed E-state index contributed by atoms with van der Waals surface area (Å²) in [6, 6.07) is 2.76. The zero-order chi connectivity index (χ0) is 13.0. The van der Waals surface area contributed by atoms with E-state index in [-0.39, 0.29) is 5.92 Å². The number of nitrogens with one attached hydrogen (secondary N) is 1.